The molecule has 140 valence electrons. The van der Waals surface area contributed by atoms with Crippen LogP contribution in [-0.4, -0.2) is 14.9 Å². The molecule has 1 rings (SSSR count). The maximum Gasteiger partial charge on any atom is 0.191 e. The summed E-state index contributed by atoms with van der Waals surface area (Å²) in [6.45, 7) is 26.2. The first kappa shape index (κ1) is 21.7. The van der Waals surface area contributed by atoms with Crippen molar-refractivity contribution in [1.82, 2.24) is 0 Å². The van der Waals surface area contributed by atoms with Gasteiger partial charge in [-0.15, -0.1) is 6.58 Å². The highest BCUT2D eigenvalue weighted by Crippen LogP contribution is 2.51. The highest BCUT2D eigenvalue weighted by Gasteiger charge is 2.42. The van der Waals surface area contributed by atoms with Crippen LogP contribution in [0, 0.1) is 17.3 Å². The second-order valence-electron chi connectivity index (χ2n) is 9.84. The van der Waals surface area contributed by atoms with Crippen molar-refractivity contribution in [3.63, 3.8) is 0 Å². The molecule has 3 atom stereocenters. The Hall–Kier alpha value is -0.343. The quantitative estimate of drug-likeness (QED) is 0.276. The average Bonchev–Trinajstić information content (AvgIpc) is 2.46. The van der Waals surface area contributed by atoms with Crippen LogP contribution in [0.5, 0.6) is 0 Å². The summed E-state index contributed by atoms with van der Waals surface area (Å²) in [7, 11) is -1.62. The third-order valence-corrected chi connectivity index (χ3v) is 11.6. The minimum absolute atomic E-state index is 0.224. The van der Waals surface area contributed by atoms with Crippen molar-refractivity contribution >= 4 is 8.32 Å². The molecule has 0 unspecified atom stereocenters. The normalized spacial score (nSPS) is 28.8. The Morgan fingerprint density at radius 2 is 1.92 bits per heavy atom. The third kappa shape index (κ3) is 4.63. The lowest BCUT2D eigenvalue weighted by Gasteiger charge is -2.47. The monoisotopic (exact) mass is 350 g/mol. The van der Waals surface area contributed by atoms with Crippen LogP contribution in [0.1, 0.15) is 74.1 Å². The van der Waals surface area contributed by atoms with Gasteiger partial charge in [0.05, 0.1) is 0 Å². The molecule has 0 N–H and O–H groups in total. The fourth-order valence-electron chi connectivity index (χ4n) is 3.83. The van der Waals surface area contributed by atoms with Gasteiger partial charge in [-0.1, -0.05) is 51.8 Å². The van der Waals surface area contributed by atoms with E-state index < -0.39 is 8.32 Å². The minimum atomic E-state index is -1.62. The first-order valence-corrected chi connectivity index (χ1v) is 12.7. The summed E-state index contributed by atoms with van der Waals surface area (Å²) in [6, 6.07) is 0. The highest BCUT2D eigenvalue weighted by atomic mass is 28.4. The highest BCUT2D eigenvalue weighted by molar-refractivity contribution is 6.74. The van der Waals surface area contributed by atoms with Gasteiger partial charge in [0, 0.05) is 6.61 Å². The maximum absolute atomic E-state index is 6.41. The molecule has 0 bridgehead atoms. The van der Waals surface area contributed by atoms with Crippen molar-refractivity contribution in [3.8, 4) is 0 Å². The van der Waals surface area contributed by atoms with Crippen molar-refractivity contribution in [2.24, 2.45) is 17.3 Å². The first-order chi connectivity index (χ1) is 10.9. The minimum Gasteiger partial charge on any atom is -0.417 e. The molecule has 0 aliphatic heterocycles. The summed E-state index contributed by atoms with van der Waals surface area (Å²) in [4.78, 5) is 0. The van der Waals surface area contributed by atoms with Crippen LogP contribution in [0.25, 0.3) is 0 Å². The van der Waals surface area contributed by atoms with Crippen LogP contribution in [-0.2, 0) is 4.43 Å². The lowest BCUT2D eigenvalue weighted by Crippen LogP contribution is -2.41. The van der Waals surface area contributed by atoms with Gasteiger partial charge in [-0.3, -0.25) is 0 Å². The van der Waals surface area contributed by atoms with Crippen LogP contribution in [0.4, 0.5) is 0 Å². The molecule has 24 heavy (non-hydrogen) atoms. The van der Waals surface area contributed by atoms with Gasteiger partial charge in [0.2, 0.25) is 0 Å². The first-order valence-electron chi connectivity index (χ1n) is 9.80. The zero-order valence-corrected chi connectivity index (χ0v) is 18.9. The van der Waals surface area contributed by atoms with Crippen LogP contribution in [0.2, 0.25) is 18.1 Å². The molecule has 0 saturated heterocycles. The van der Waals surface area contributed by atoms with Gasteiger partial charge >= 0.3 is 0 Å². The Balaban J connectivity index is 2.78. The van der Waals surface area contributed by atoms with Crippen molar-refractivity contribution in [3.05, 3.63) is 23.8 Å². The summed E-state index contributed by atoms with van der Waals surface area (Å²) in [6.07, 6.45) is 7.17. The van der Waals surface area contributed by atoms with Crippen LogP contribution in [0.15, 0.2) is 23.8 Å². The molecule has 1 aliphatic rings. The Morgan fingerprint density at radius 1 is 1.33 bits per heavy atom. The lowest BCUT2D eigenvalue weighted by atomic mass is 9.58. The number of hydrogen-bond acceptors (Lipinski definition) is 1. The zero-order chi connectivity index (χ0) is 18.8. The van der Waals surface area contributed by atoms with E-state index in [2.05, 4.69) is 74.2 Å². The summed E-state index contributed by atoms with van der Waals surface area (Å²) < 4.78 is 6.41. The van der Waals surface area contributed by atoms with Crippen LogP contribution < -0.4 is 0 Å². The molecule has 0 aromatic heterocycles. The van der Waals surface area contributed by atoms with Gasteiger partial charge in [0.15, 0.2) is 8.32 Å². The van der Waals surface area contributed by atoms with Crippen molar-refractivity contribution in [1.29, 1.82) is 0 Å². The molecule has 2 heteroatoms. The van der Waals surface area contributed by atoms with Crippen LogP contribution in [0.3, 0.4) is 0 Å². The van der Waals surface area contributed by atoms with Crippen LogP contribution >= 0.6 is 0 Å². The molecule has 1 fully saturated rings. The average molecular weight is 351 g/mol. The SMILES string of the molecule is C=C[C@]1(C)[C@H](C)CCC(=C(C)C)[C@H]1CCCO[Si](C)(C)C(C)(C)C. The van der Waals surface area contributed by atoms with Crippen molar-refractivity contribution in [2.45, 2.75) is 92.3 Å². The lowest BCUT2D eigenvalue weighted by molar-refractivity contribution is 0.131. The number of hydrogen-bond donors (Lipinski definition) is 0. The summed E-state index contributed by atoms with van der Waals surface area (Å²) in [5, 5.41) is 0.299. The fourth-order valence-corrected chi connectivity index (χ4v) is 4.92. The standard InChI is InChI=1S/C22H42OSi/c1-11-22(8)18(4)14-15-19(17(2)3)20(22)13-12-16-23-24(9,10)21(5,6)7/h11,18,20H,1,12-16H2,2-10H3/t18-,20-,22-/m1/s1. The smallest absolute Gasteiger partial charge is 0.191 e. The van der Waals surface area contributed by atoms with E-state index in [9.17, 15) is 0 Å². The van der Waals surface area contributed by atoms with E-state index in [1.165, 1.54) is 24.8 Å². The summed E-state index contributed by atoms with van der Waals surface area (Å²) >= 11 is 0. The van der Waals surface area contributed by atoms with E-state index in [1.54, 1.807) is 5.57 Å². The Bertz CT molecular complexity index is 465. The largest absolute Gasteiger partial charge is 0.417 e. The predicted molar refractivity (Wildman–Crippen MR) is 111 cm³/mol. The maximum atomic E-state index is 6.41. The Morgan fingerprint density at radius 3 is 2.38 bits per heavy atom. The predicted octanol–water partition coefficient (Wildman–Crippen LogP) is 7.36. The third-order valence-electron chi connectivity index (χ3n) is 7.07. The van der Waals surface area contributed by atoms with E-state index in [0.29, 0.717) is 16.9 Å². The fraction of sp³-hybridized carbons (Fsp3) is 0.818. The van der Waals surface area contributed by atoms with E-state index in [4.69, 9.17) is 4.43 Å². The Labute approximate surface area is 153 Å². The molecule has 0 amide bonds. The van der Waals surface area contributed by atoms with Gasteiger partial charge < -0.3 is 4.43 Å². The second-order valence-corrected chi connectivity index (χ2v) is 14.6. The molecule has 0 radical (unpaired) electrons. The molecule has 0 spiro atoms. The topological polar surface area (TPSA) is 9.23 Å². The van der Waals surface area contributed by atoms with Gasteiger partial charge in [-0.25, -0.2) is 0 Å². The van der Waals surface area contributed by atoms with Gasteiger partial charge in [0.1, 0.15) is 0 Å². The van der Waals surface area contributed by atoms with E-state index in [0.717, 1.165) is 13.0 Å². The molecule has 1 nitrogen and oxygen atoms in total. The van der Waals surface area contributed by atoms with Gasteiger partial charge in [0.25, 0.3) is 0 Å². The van der Waals surface area contributed by atoms with Gasteiger partial charge in [-0.05, 0) is 74.9 Å². The van der Waals surface area contributed by atoms with Crippen molar-refractivity contribution in [2.75, 3.05) is 6.61 Å². The molecule has 0 heterocycles. The summed E-state index contributed by atoms with van der Waals surface area (Å²) in [5.41, 5.74) is 3.43. The molecule has 1 aliphatic carbocycles. The molecular formula is C22H42OSi. The molecule has 0 aromatic carbocycles. The van der Waals surface area contributed by atoms with Crippen molar-refractivity contribution < 1.29 is 4.43 Å². The second kappa shape index (κ2) is 7.91. The zero-order valence-electron chi connectivity index (χ0n) is 17.9. The van der Waals surface area contributed by atoms with E-state index in [-0.39, 0.29) is 5.41 Å². The van der Waals surface area contributed by atoms with E-state index in [1.807, 2.05) is 0 Å². The summed E-state index contributed by atoms with van der Waals surface area (Å²) in [5.74, 6) is 1.34. The number of allylic oxidation sites excluding steroid dienone is 3. The Kier molecular flexibility index (Phi) is 7.15. The molecule has 0 aromatic rings. The van der Waals surface area contributed by atoms with Gasteiger partial charge in [-0.2, -0.15) is 0 Å². The van der Waals surface area contributed by atoms with E-state index >= 15 is 0 Å². The number of rotatable bonds is 6. The molecular weight excluding hydrogens is 308 g/mol. The molecule has 1 saturated carbocycles.